The molecule has 7 heteroatoms. The molecule has 160 valence electrons. The number of likely N-dealkylation sites (tertiary alicyclic amines) is 1. The van der Waals surface area contributed by atoms with Crippen LogP contribution < -0.4 is 20.1 Å². The van der Waals surface area contributed by atoms with Crippen LogP contribution in [-0.2, 0) is 5.41 Å². The second kappa shape index (κ2) is 8.52. The summed E-state index contributed by atoms with van der Waals surface area (Å²) in [4.78, 5) is 18.9. The Morgan fingerprint density at radius 3 is 2.63 bits per heavy atom. The van der Waals surface area contributed by atoms with E-state index in [0.29, 0.717) is 6.04 Å². The molecule has 0 spiro atoms. The molecule has 2 aromatic rings. The second-order valence-electron chi connectivity index (χ2n) is 8.28. The van der Waals surface area contributed by atoms with Crippen LogP contribution in [0.3, 0.4) is 0 Å². The number of hydrogen-bond acceptors (Lipinski definition) is 5. The van der Waals surface area contributed by atoms with Crippen molar-refractivity contribution in [2.24, 2.45) is 0 Å². The third-order valence-electron chi connectivity index (χ3n) is 6.76. The summed E-state index contributed by atoms with van der Waals surface area (Å²) in [6, 6.07) is 10.2. The number of ether oxygens (including phenoxy) is 2. The zero-order valence-electron chi connectivity index (χ0n) is 17.9. The summed E-state index contributed by atoms with van der Waals surface area (Å²) >= 11 is 0. The molecule has 0 bridgehead atoms. The van der Waals surface area contributed by atoms with Crippen molar-refractivity contribution in [3.63, 3.8) is 0 Å². The number of nitrogens with one attached hydrogen (secondary N) is 2. The number of fused-ring (bicyclic) bond motifs is 1. The molecule has 1 saturated heterocycles. The highest BCUT2D eigenvalue weighted by molar-refractivity contribution is 5.89. The fourth-order valence-corrected chi connectivity index (χ4v) is 5.18. The summed E-state index contributed by atoms with van der Waals surface area (Å²) in [5.41, 5.74) is 2.12. The van der Waals surface area contributed by atoms with Gasteiger partial charge in [-0.25, -0.2) is 4.79 Å². The first kappa shape index (κ1) is 20.5. The normalized spacial score (nSPS) is 26.0. The molecule has 0 unspecified atom stereocenters. The number of carbonyl (C=O) groups excluding carboxylic acids is 1. The number of likely N-dealkylation sites (N-methyl/N-ethyl adjacent to an activating group) is 1. The minimum atomic E-state index is -0.162. The average molecular weight is 411 g/mol. The topological polar surface area (TPSA) is 75.7 Å². The highest BCUT2D eigenvalue weighted by Gasteiger charge is 2.50. The molecule has 2 fully saturated rings. The number of anilines is 1. The van der Waals surface area contributed by atoms with Crippen LogP contribution in [0.4, 0.5) is 10.5 Å². The van der Waals surface area contributed by atoms with Crippen molar-refractivity contribution in [2.45, 2.75) is 43.2 Å². The van der Waals surface area contributed by atoms with Crippen molar-refractivity contribution in [3.05, 3.63) is 48.3 Å². The van der Waals surface area contributed by atoms with E-state index in [-0.39, 0.29) is 17.5 Å². The number of aromatic nitrogens is 1. The number of urea groups is 1. The molecule has 2 aliphatic rings. The van der Waals surface area contributed by atoms with Crippen molar-refractivity contribution in [1.82, 2.24) is 15.2 Å². The number of pyridine rings is 1. The Bertz CT molecular complexity index is 891. The molecule has 2 amide bonds. The quantitative estimate of drug-likeness (QED) is 0.790. The van der Waals surface area contributed by atoms with E-state index in [1.165, 1.54) is 5.56 Å². The number of benzene rings is 1. The van der Waals surface area contributed by atoms with E-state index in [1.807, 2.05) is 6.07 Å². The smallest absolute Gasteiger partial charge is 0.319 e. The summed E-state index contributed by atoms with van der Waals surface area (Å²) in [5, 5.41) is 6.06. The third-order valence-corrected chi connectivity index (χ3v) is 6.76. The highest BCUT2D eigenvalue weighted by atomic mass is 16.5. The number of hydrogen-bond donors (Lipinski definition) is 2. The van der Waals surface area contributed by atoms with E-state index in [2.05, 4.69) is 39.7 Å². The van der Waals surface area contributed by atoms with Gasteiger partial charge in [0.15, 0.2) is 11.5 Å². The molecule has 1 aliphatic heterocycles. The maximum atomic E-state index is 12.5. The Morgan fingerprint density at radius 2 is 1.90 bits per heavy atom. The maximum Gasteiger partial charge on any atom is 0.319 e. The predicted molar refractivity (Wildman–Crippen MR) is 116 cm³/mol. The standard InChI is InChI=1S/C23H30N4O3/c1-27-13-10-23(16-4-5-19(29-2)20(14-16)30-3)9-6-18(15-21(23)27)26-22(28)25-17-7-11-24-12-8-17/h4-5,7-8,11-12,14,18,21H,6,9-10,13,15H2,1-3H3,(H2,24,25,26,28)/t18-,21+,23-/m0/s1. The van der Waals surface area contributed by atoms with Gasteiger partial charge < -0.3 is 25.0 Å². The minimum Gasteiger partial charge on any atom is -0.493 e. The van der Waals surface area contributed by atoms with Crippen molar-refractivity contribution in [2.75, 3.05) is 33.1 Å². The van der Waals surface area contributed by atoms with Crippen molar-refractivity contribution >= 4 is 11.7 Å². The molecule has 1 aliphatic carbocycles. The van der Waals surface area contributed by atoms with Crippen molar-refractivity contribution in [1.29, 1.82) is 0 Å². The number of rotatable bonds is 5. The minimum absolute atomic E-state index is 0.0774. The molecular weight excluding hydrogens is 380 g/mol. The lowest BCUT2D eigenvalue weighted by molar-refractivity contribution is 0.156. The van der Waals surface area contributed by atoms with Gasteiger partial charge in [-0.1, -0.05) is 6.07 Å². The second-order valence-corrected chi connectivity index (χ2v) is 8.28. The van der Waals surface area contributed by atoms with E-state index in [1.54, 1.807) is 38.7 Å². The lowest BCUT2D eigenvalue weighted by Crippen LogP contribution is -2.52. The SMILES string of the molecule is COc1ccc([C@@]23CC[C@H](NC(=O)Nc4ccncc4)C[C@H]2N(C)CC3)cc1OC. The molecule has 1 saturated carbocycles. The Labute approximate surface area is 177 Å². The molecular formula is C23H30N4O3. The number of nitrogens with zero attached hydrogens (tertiary/aromatic N) is 2. The van der Waals surface area contributed by atoms with Gasteiger partial charge in [0.1, 0.15) is 0 Å². The number of amides is 2. The largest absolute Gasteiger partial charge is 0.493 e. The van der Waals surface area contributed by atoms with E-state index in [0.717, 1.165) is 49.4 Å². The Kier molecular flexibility index (Phi) is 5.81. The summed E-state index contributed by atoms with van der Waals surface area (Å²) in [7, 11) is 5.53. The molecule has 3 atom stereocenters. The molecule has 1 aromatic heterocycles. The molecule has 7 nitrogen and oxygen atoms in total. The van der Waals surface area contributed by atoms with Gasteiger partial charge in [-0.2, -0.15) is 0 Å². The fraction of sp³-hybridized carbons (Fsp3) is 0.478. The van der Waals surface area contributed by atoms with Crippen LogP contribution in [-0.4, -0.2) is 55.8 Å². The highest BCUT2D eigenvalue weighted by Crippen LogP contribution is 2.49. The molecule has 4 rings (SSSR count). The summed E-state index contributed by atoms with van der Waals surface area (Å²) < 4.78 is 11.0. The first-order valence-electron chi connectivity index (χ1n) is 10.5. The predicted octanol–water partition coefficient (Wildman–Crippen LogP) is 3.41. The molecule has 0 radical (unpaired) electrons. The maximum absolute atomic E-state index is 12.5. The van der Waals surface area contributed by atoms with Crippen LogP contribution in [0.25, 0.3) is 0 Å². The Balaban J connectivity index is 1.49. The van der Waals surface area contributed by atoms with Gasteiger partial charge in [-0.15, -0.1) is 0 Å². The molecule has 2 N–H and O–H groups in total. The van der Waals surface area contributed by atoms with Crippen LogP contribution in [0.5, 0.6) is 11.5 Å². The Morgan fingerprint density at radius 1 is 1.13 bits per heavy atom. The van der Waals surface area contributed by atoms with Crippen LogP contribution in [0, 0.1) is 0 Å². The van der Waals surface area contributed by atoms with E-state index < -0.39 is 0 Å². The van der Waals surface area contributed by atoms with Gasteiger partial charge in [0.25, 0.3) is 0 Å². The number of carbonyl (C=O) groups is 1. The van der Waals surface area contributed by atoms with E-state index >= 15 is 0 Å². The van der Waals surface area contributed by atoms with Crippen LogP contribution in [0.1, 0.15) is 31.2 Å². The van der Waals surface area contributed by atoms with E-state index in [4.69, 9.17) is 9.47 Å². The molecule has 1 aromatic carbocycles. The zero-order valence-corrected chi connectivity index (χ0v) is 17.9. The summed E-state index contributed by atoms with van der Waals surface area (Å²) in [5.74, 6) is 1.53. The van der Waals surface area contributed by atoms with Gasteiger partial charge in [0.05, 0.1) is 14.2 Å². The number of methoxy groups -OCH3 is 2. The monoisotopic (exact) mass is 410 g/mol. The van der Waals surface area contributed by atoms with Crippen LogP contribution >= 0.6 is 0 Å². The molecule has 2 heterocycles. The van der Waals surface area contributed by atoms with E-state index in [9.17, 15) is 4.79 Å². The van der Waals surface area contributed by atoms with Crippen LogP contribution in [0.15, 0.2) is 42.7 Å². The van der Waals surface area contributed by atoms with Crippen LogP contribution in [0.2, 0.25) is 0 Å². The van der Waals surface area contributed by atoms with Crippen molar-refractivity contribution < 1.29 is 14.3 Å². The van der Waals surface area contributed by atoms with Gasteiger partial charge in [0.2, 0.25) is 0 Å². The lowest BCUT2D eigenvalue weighted by atomic mass is 9.65. The van der Waals surface area contributed by atoms with Crippen molar-refractivity contribution in [3.8, 4) is 11.5 Å². The first-order chi connectivity index (χ1) is 14.6. The Hall–Kier alpha value is -2.80. The van der Waals surface area contributed by atoms with Gasteiger partial charge >= 0.3 is 6.03 Å². The summed E-state index contributed by atoms with van der Waals surface area (Å²) in [6.07, 6.45) is 7.34. The average Bonchev–Trinajstić information content (AvgIpc) is 3.11. The summed E-state index contributed by atoms with van der Waals surface area (Å²) in [6.45, 7) is 1.05. The molecule has 30 heavy (non-hydrogen) atoms. The van der Waals surface area contributed by atoms with Gasteiger partial charge in [0, 0.05) is 35.6 Å². The van der Waals surface area contributed by atoms with Gasteiger partial charge in [-0.05, 0) is 69.1 Å². The zero-order chi connectivity index (χ0) is 21.1. The fourth-order valence-electron chi connectivity index (χ4n) is 5.18. The lowest BCUT2D eigenvalue weighted by Gasteiger charge is -2.45. The van der Waals surface area contributed by atoms with Gasteiger partial charge in [-0.3, -0.25) is 4.98 Å². The third kappa shape index (κ3) is 3.81. The first-order valence-corrected chi connectivity index (χ1v) is 10.5.